The lowest BCUT2D eigenvalue weighted by Gasteiger charge is -2.28. The summed E-state index contributed by atoms with van der Waals surface area (Å²) in [6, 6.07) is 31.2. The van der Waals surface area contributed by atoms with E-state index < -0.39 is 0 Å². The lowest BCUT2D eigenvalue weighted by molar-refractivity contribution is -0.105. The number of hydrogen-bond acceptors (Lipinski definition) is 4. The predicted octanol–water partition coefficient (Wildman–Crippen LogP) is 8.06. The van der Waals surface area contributed by atoms with E-state index in [-0.39, 0.29) is 5.91 Å². The number of nitrogens with one attached hydrogen (secondary N) is 3. The number of aryl methyl sites for hydroxylation is 1. The second-order valence-corrected chi connectivity index (χ2v) is 9.86. The zero-order chi connectivity index (χ0) is 29.7. The number of rotatable bonds is 6. The van der Waals surface area contributed by atoms with E-state index >= 15 is 0 Å². The molecule has 7 heteroatoms. The average Bonchev–Trinajstić information content (AvgIpc) is 3.47. The van der Waals surface area contributed by atoms with Crippen LogP contribution in [0.3, 0.4) is 0 Å². The number of fused-ring (bicyclic) bond motifs is 1. The molecule has 1 aromatic heterocycles. The van der Waals surface area contributed by atoms with Crippen molar-refractivity contribution in [2.24, 2.45) is 0 Å². The third kappa shape index (κ3) is 8.07. The molecule has 0 unspecified atom stereocenters. The number of amides is 2. The zero-order valence-corrected chi connectivity index (χ0v) is 24.6. The summed E-state index contributed by atoms with van der Waals surface area (Å²) in [5.74, 6) is 0.717. The molecule has 5 aromatic rings. The highest BCUT2D eigenvalue weighted by molar-refractivity contribution is 6.05. The van der Waals surface area contributed by atoms with Gasteiger partial charge in [0, 0.05) is 41.3 Å². The van der Waals surface area contributed by atoms with Gasteiger partial charge in [0.2, 0.25) is 6.41 Å². The van der Waals surface area contributed by atoms with Crippen LogP contribution in [0.1, 0.15) is 49.0 Å². The molecule has 4 aromatic carbocycles. The summed E-state index contributed by atoms with van der Waals surface area (Å²) in [7, 11) is 0. The Morgan fingerprint density at radius 2 is 1.52 bits per heavy atom. The fourth-order valence-corrected chi connectivity index (χ4v) is 4.72. The molecule has 0 atom stereocenters. The smallest absolute Gasteiger partial charge is 0.255 e. The van der Waals surface area contributed by atoms with E-state index in [1.165, 1.54) is 30.5 Å². The van der Waals surface area contributed by atoms with Crippen LogP contribution in [0.2, 0.25) is 0 Å². The molecule has 1 fully saturated rings. The summed E-state index contributed by atoms with van der Waals surface area (Å²) in [6.07, 6.45) is 4.45. The topological polar surface area (TPSA) is 90.1 Å². The molecule has 0 radical (unpaired) electrons. The van der Waals surface area contributed by atoms with Crippen molar-refractivity contribution in [3.63, 3.8) is 0 Å². The lowest BCUT2D eigenvalue weighted by Crippen LogP contribution is -2.29. The number of carbonyl (C=O) groups is 2. The van der Waals surface area contributed by atoms with Crippen molar-refractivity contribution in [3.05, 3.63) is 108 Å². The molecule has 0 saturated carbocycles. The van der Waals surface area contributed by atoms with E-state index in [0.29, 0.717) is 12.0 Å². The van der Waals surface area contributed by atoms with Gasteiger partial charge < -0.3 is 20.5 Å². The van der Waals surface area contributed by atoms with E-state index in [2.05, 4.69) is 56.7 Å². The Balaban J connectivity index is 0.000000313. The van der Waals surface area contributed by atoms with Crippen molar-refractivity contribution in [2.75, 3.05) is 28.6 Å². The van der Waals surface area contributed by atoms with Gasteiger partial charge in [-0.05, 0) is 80.8 Å². The third-order valence-electron chi connectivity index (χ3n) is 6.91. The summed E-state index contributed by atoms with van der Waals surface area (Å²) in [4.78, 5) is 33.0. The van der Waals surface area contributed by atoms with Crippen molar-refractivity contribution in [3.8, 4) is 11.4 Å². The molecule has 1 saturated heterocycles. The fraction of sp³-hybridized carbons (Fsp3) is 0.229. The quantitative estimate of drug-likeness (QED) is 0.183. The number of H-pyrrole nitrogens is 1. The Hall–Kier alpha value is -4.91. The molecular weight excluding hydrogens is 522 g/mol. The number of nitrogens with zero attached hydrogens (tertiary/aromatic N) is 2. The molecule has 3 N–H and O–H groups in total. The lowest BCUT2D eigenvalue weighted by atomic mass is 10.1. The van der Waals surface area contributed by atoms with Crippen LogP contribution in [0.5, 0.6) is 0 Å². The van der Waals surface area contributed by atoms with E-state index in [0.717, 1.165) is 46.9 Å². The molecule has 1 aliphatic rings. The summed E-state index contributed by atoms with van der Waals surface area (Å²) in [6.45, 7) is 8.26. The second-order valence-electron chi connectivity index (χ2n) is 9.86. The fourth-order valence-electron chi connectivity index (χ4n) is 4.72. The van der Waals surface area contributed by atoms with E-state index in [9.17, 15) is 9.59 Å². The molecule has 2 heterocycles. The van der Waals surface area contributed by atoms with Gasteiger partial charge in [0.1, 0.15) is 5.82 Å². The van der Waals surface area contributed by atoms with Crippen LogP contribution < -0.4 is 15.5 Å². The molecule has 0 aliphatic carbocycles. The maximum Gasteiger partial charge on any atom is 0.255 e. The van der Waals surface area contributed by atoms with Crippen molar-refractivity contribution in [1.29, 1.82) is 0 Å². The van der Waals surface area contributed by atoms with Gasteiger partial charge in [-0.3, -0.25) is 9.59 Å². The summed E-state index contributed by atoms with van der Waals surface area (Å²) < 4.78 is 0. The predicted molar refractivity (Wildman–Crippen MR) is 174 cm³/mol. The van der Waals surface area contributed by atoms with Crippen LogP contribution in [-0.2, 0) is 4.79 Å². The number of para-hydroxylation sites is 1. The number of benzene rings is 4. The third-order valence-corrected chi connectivity index (χ3v) is 6.91. The minimum Gasteiger partial charge on any atom is -0.372 e. The Kier molecular flexibility index (Phi) is 10.9. The number of piperidine rings is 1. The van der Waals surface area contributed by atoms with Crippen LogP contribution >= 0.6 is 0 Å². The Morgan fingerprint density at radius 3 is 2.19 bits per heavy atom. The first-order valence-corrected chi connectivity index (χ1v) is 14.6. The monoisotopic (exact) mass is 561 g/mol. The standard InChI is InChI=1S/C26H26N4O.C7H7NO.C2H6/c1-18-5-7-19(8-6-18)25-28-23-14-11-21(17-24(23)29-25)27-26(31)20-9-12-22(13-10-20)30-15-3-2-4-16-30;9-6-8-7-4-2-1-3-5-7;1-2/h5-14,17H,2-4,15-16H2,1H3,(H,27,31)(H,28,29);1-6H,(H,8,9);1-2H3. The molecule has 0 spiro atoms. The highest BCUT2D eigenvalue weighted by Crippen LogP contribution is 2.24. The minimum atomic E-state index is -0.109. The first kappa shape index (κ1) is 30.1. The second kappa shape index (κ2) is 15.2. The molecule has 6 rings (SSSR count). The zero-order valence-electron chi connectivity index (χ0n) is 24.6. The van der Waals surface area contributed by atoms with Gasteiger partial charge in [0.15, 0.2) is 0 Å². The molecule has 216 valence electrons. The summed E-state index contributed by atoms with van der Waals surface area (Å²) in [5.41, 5.74) is 7.46. The number of carbonyl (C=O) groups excluding carboxylic acids is 2. The Labute approximate surface area is 248 Å². The first-order chi connectivity index (χ1) is 20.6. The van der Waals surface area contributed by atoms with Crippen LogP contribution in [0.4, 0.5) is 17.1 Å². The largest absolute Gasteiger partial charge is 0.372 e. The van der Waals surface area contributed by atoms with Gasteiger partial charge in [0.25, 0.3) is 5.91 Å². The SMILES string of the molecule is CC.Cc1ccc(-c2nc3ccc(NC(=O)c4ccc(N5CCCCC5)cc4)cc3[nH]2)cc1.O=CNc1ccccc1. The van der Waals surface area contributed by atoms with Crippen LogP contribution in [0.15, 0.2) is 97.1 Å². The van der Waals surface area contributed by atoms with Crippen LogP contribution in [-0.4, -0.2) is 35.4 Å². The summed E-state index contributed by atoms with van der Waals surface area (Å²) >= 11 is 0. The number of aromatic nitrogens is 2. The first-order valence-electron chi connectivity index (χ1n) is 14.6. The minimum absolute atomic E-state index is 0.109. The highest BCUT2D eigenvalue weighted by atomic mass is 16.1. The maximum atomic E-state index is 12.7. The van der Waals surface area contributed by atoms with Gasteiger partial charge in [-0.25, -0.2) is 4.98 Å². The normalized spacial score (nSPS) is 12.3. The van der Waals surface area contributed by atoms with E-state index in [1.54, 1.807) is 0 Å². The van der Waals surface area contributed by atoms with E-state index in [1.807, 2.05) is 86.6 Å². The highest BCUT2D eigenvalue weighted by Gasteiger charge is 2.13. The Morgan fingerprint density at radius 1 is 0.833 bits per heavy atom. The van der Waals surface area contributed by atoms with Gasteiger partial charge in [-0.15, -0.1) is 0 Å². The van der Waals surface area contributed by atoms with Crippen molar-refractivity contribution < 1.29 is 9.59 Å². The summed E-state index contributed by atoms with van der Waals surface area (Å²) in [5, 5.41) is 5.53. The van der Waals surface area contributed by atoms with Gasteiger partial charge in [-0.1, -0.05) is 61.9 Å². The van der Waals surface area contributed by atoms with Gasteiger partial charge in [-0.2, -0.15) is 0 Å². The van der Waals surface area contributed by atoms with Crippen molar-refractivity contribution in [1.82, 2.24) is 9.97 Å². The maximum absolute atomic E-state index is 12.7. The van der Waals surface area contributed by atoms with Crippen molar-refractivity contribution in [2.45, 2.75) is 40.0 Å². The molecule has 1 aliphatic heterocycles. The van der Waals surface area contributed by atoms with E-state index in [4.69, 9.17) is 0 Å². The number of aromatic amines is 1. The molecule has 7 nitrogen and oxygen atoms in total. The Bertz CT molecular complexity index is 1560. The molecule has 42 heavy (non-hydrogen) atoms. The van der Waals surface area contributed by atoms with Crippen LogP contribution in [0, 0.1) is 6.92 Å². The average molecular weight is 562 g/mol. The van der Waals surface area contributed by atoms with Crippen molar-refractivity contribution >= 4 is 40.4 Å². The molecular formula is C35H39N5O2. The van der Waals surface area contributed by atoms with Crippen LogP contribution in [0.25, 0.3) is 22.4 Å². The number of imidazole rings is 1. The van der Waals surface area contributed by atoms with Gasteiger partial charge in [0.05, 0.1) is 11.0 Å². The van der Waals surface area contributed by atoms with Gasteiger partial charge >= 0.3 is 0 Å². The number of anilines is 3. The molecule has 2 amide bonds. The number of hydrogen-bond donors (Lipinski definition) is 3. The molecule has 0 bridgehead atoms.